The second-order valence-corrected chi connectivity index (χ2v) is 7.59. The minimum absolute atomic E-state index is 0.421. The van der Waals surface area contributed by atoms with E-state index in [2.05, 4.69) is 49.5 Å². The van der Waals surface area contributed by atoms with E-state index in [1.807, 2.05) is 17.8 Å². The summed E-state index contributed by atoms with van der Waals surface area (Å²) in [5.74, 6) is 0.986. The fourth-order valence-electron chi connectivity index (χ4n) is 1.92. The first-order valence-corrected chi connectivity index (χ1v) is 9.07. The van der Waals surface area contributed by atoms with Crippen LogP contribution in [-0.2, 0) is 5.75 Å². The number of halogens is 1. The molecule has 0 aliphatic carbocycles. The SMILES string of the molecule is CCCNC(C)c1ccc(SCc2ccc(Cl)s2)cc1. The third-order valence-corrected chi connectivity index (χ3v) is 5.57. The molecule has 1 heterocycles. The van der Waals surface area contributed by atoms with Gasteiger partial charge in [0.1, 0.15) is 0 Å². The van der Waals surface area contributed by atoms with Gasteiger partial charge in [-0.2, -0.15) is 0 Å². The summed E-state index contributed by atoms with van der Waals surface area (Å²) in [4.78, 5) is 2.63. The first-order chi connectivity index (χ1) is 9.69. The highest BCUT2D eigenvalue weighted by molar-refractivity contribution is 7.98. The van der Waals surface area contributed by atoms with Gasteiger partial charge in [-0.1, -0.05) is 30.7 Å². The van der Waals surface area contributed by atoms with Crippen molar-refractivity contribution in [2.45, 2.75) is 37.0 Å². The monoisotopic (exact) mass is 325 g/mol. The summed E-state index contributed by atoms with van der Waals surface area (Å²) in [7, 11) is 0. The van der Waals surface area contributed by atoms with Gasteiger partial charge in [0.05, 0.1) is 4.34 Å². The van der Waals surface area contributed by atoms with Crippen LogP contribution in [0.3, 0.4) is 0 Å². The summed E-state index contributed by atoms with van der Waals surface area (Å²) in [5, 5.41) is 3.51. The largest absolute Gasteiger partial charge is 0.310 e. The van der Waals surface area contributed by atoms with Crippen LogP contribution in [0.4, 0.5) is 0 Å². The molecule has 1 atom stereocenters. The van der Waals surface area contributed by atoms with Crippen molar-refractivity contribution in [1.29, 1.82) is 0 Å². The fourth-order valence-corrected chi connectivity index (χ4v) is 3.94. The number of hydrogen-bond donors (Lipinski definition) is 1. The molecule has 1 N–H and O–H groups in total. The quantitative estimate of drug-likeness (QED) is 0.650. The highest BCUT2D eigenvalue weighted by Crippen LogP contribution is 2.29. The zero-order valence-corrected chi connectivity index (χ0v) is 14.2. The summed E-state index contributed by atoms with van der Waals surface area (Å²) < 4.78 is 0.867. The average Bonchev–Trinajstić information content (AvgIpc) is 2.89. The van der Waals surface area contributed by atoms with Gasteiger partial charge in [0, 0.05) is 21.6 Å². The molecule has 0 saturated heterocycles. The summed E-state index contributed by atoms with van der Waals surface area (Å²) in [6.07, 6.45) is 1.17. The van der Waals surface area contributed by atoms with Crippen molar-refractivity contribution in [1.82, 2.24) is 5.32 Å². The molecule has 2 aromatic rings. The lowest BCUT2D eigenvalue weighted by Crippen LogP contribution is -2.19. The van der Waals surface area contributed by atoms with Gasteiger partial charge in [-0.15, -0.1) is 23.1 Å². The summed E-state index contributed by atoms with van der Waals surface area (Å²) in [6.45, 7) is 5.47. The van der Waals surface area contributed by atoms with Gasteiger partial charge >= 0.3 is 0 Å². The topological polar surface area (TPSA) is 12.0 Å². The van der Waals surface area contributed by atoms with E-state index in [9.17, 15) is 0 Å². The highest BCUT2D eigenvalue weighted by Gasteiger charge is 2.04. The zero-order chi connectivity index (χ0) is 14.4. The van der Waals surface area contributed by atoms with Crippen LogP contribution in [0.15, 0.2) is 41.3 Å². The molecule has 0 bridgehead atoms. The van der Waals surface area contributed by atoms with Crippen LogP contribution >= 0.6 is 34.7 Å². The molecule has 0 saturated carbocycles. The molecule has 1 aromatic heterocycles. The Labute approximate surface area is 134 Å². The standard InChI is InChI=1S/C16H20ClNS2/c1-3-10-18-12(2)13-4-6-14(7-5-13)19-11-15-8-9-16(17)20-15/h4-9,12,18H,3,10-11H2,1-2H3. The summed E-state index contributed by atoms with van der Waals surface area (Å²) >= 11 is 9.46. The molecule has 108 valence electrons. The smallest absolute Gasteiger partial charge is 0.0931 e. The Bertz CT molecular complexity index is 522. The molecule has 1 unspecified atom stereocenters. The molecule has 0 amide bonds. The molecule has 0 spiro atoms. The van der Waals surface area contributed by atoms with Crippen LogP contribution < -0.4 is 5.32 Å². The molecule has 1 nitrogen and oxygen atoms in total. The molecule has 20 heavy (non-hydrogen) atoms. The molecule has 2 rings (SSSR count). The van der Waals surface area contributed by atoms with E-state index >= 15 is 0 Å². The van der Waals surface area contributed by atoms with Crippen LogP contribution in [0.25, 0.3) is 0 Å². The molecular formula is C16H20ClNS2. The van der Waals surface area contributed by atoms with E-state index in [-0.39, 0.29) is 0 Å². The maximum atomic E-state index is 5.94. The van der Waals surface area contributed by atoms with Crippen LogP contribution in [0.5, 0.6) is 0 Å². The number of hydrogen-bond acceptors (Lipinski definition) is 3. The van der Waals surface area contributed by atoms with Crippen molar-refractivity contribution >= 4 is 34.7 Å². The lowest BCUT2D eigenvalue weighted by atomic mass is 10.1. The Balaban J connectivity index is 1.87. The van der Waals surface area contributed by atoms with Crippen molar-refractivity contribution < 1.29 is 0 Å². The minimum Gasteiger partial charge on any atom is -0.310 e. The van der Waals surface area contributed by atoms with Gasteiger partial charge in [-0.25, -0.2) is 0 Å². The summed E-state index contributed by atoms with van der Waals surface area (Å²) in [5.41, 5.74) is 1.35. The van der Waals surface area contributed by atoms with E-state index < -0.39 is 0 Å². The Hall–Kier alpha value is -0.480. The van der Waals surface area contributed by atoms with Gasteiger partial charge in [0.25, 0.3) is 0 Å². The van der Waals surface area contributed by atoms with Crippen LogP contribution in [-0.4, -0.2) is 6.54 Å². The number of rotatable bonds is 7. The van der Waals surface area contributed by atoms with Crippen molar-refractivity contribution in [3.63, 3.8) is 0 Å². The molecule has 0 aliphatic rings. The number of thioether (sulfide) groups is 1. The lowest BCUT2D eigenvalue weighted by Gasteiger charge is -2.13. The molecular weight excluding hydrogens is 306 g/mol. The third-order valence-electron chi connectivity index (χ3n) is 3.09. The highest BCUT2D eigenvalue weighted by atomic mass is 35.5. The van der Waals surface area contributed by atoms with Crippen LogP contribution in [0, 0.1) is 0 Å². The fraction of sp³-hybridized carbons (Fsp3) is 0.375. The number of nitrogens with one attached hydrogen (secondary N) is 1. The second kappa shape index (κ2) is 8.08. The van der Waals surface area contributed by atoms with Crippen molar-refractivity contribution in [2.75, 3.05) is 6.54 Å². The van der Waals surface area contributed by atoms with Gasteiger partial charge in [0.2, 0.25) is 0 Å². The minimum atomic E-state index is 0.421. The maximum Gasteiger partial charge on any atom is 0.0931 e. The van der Waals surface area contributed by atoms with E-state index in [1.54, 1.807) is 11.3 Å². The first kappa shape index (κ1) is 15.9. The van der Waals surface area contributed by atoms with Crippen LogP contribution in [0.1, 0.15) is 36.8 Å². The van der Waals surface area contributed by atoms with E-state index in [4.69, 9.17) is 11.6 Å². The predicted molar refractivity (Wildman–Crippen MR) is 92.0 cm³/mol. The predicted octanol–water partition coefficient (Wildman–Crippen LogP) is 5.75. The van der Waals surface area contributed by atoms with Gasteiger partial charge in [0.15, 0.2) is 0 Å². The Morgan fingerprint density at radius 2 is 1.95 bits per heavy atom. The van der Waals surface area contributed by atoms with Gasteiger partial charge in [-0.3, -0.25) is 0 Å². The van der Waals surface area contributed by atoms with Crippen molar-refractivity contribution in [3.8, 4) is 0 Å². The van der Waals surface area contributed by atoms with Crippen molar-refractivity contribution in [2.24, 2.45) is 0 Å². The summed E-state index contributed by atoms with van der Waals surface area (Å²) in [6, 6.07) is 13.3. The number of benzene rings is 1. The Morgan fingerprint density at radius 3 is 2.55 bits per heavy atom. The Kier molecular flexibility index (Phi) is 6.43. The lowest BCUT2D eigenvalue weighted by molar-refractivity contribution is 0.570. The van der Waals surface area contributed by atoms with E-state index in [0.717, 1.165) is 16.6 Å². The normalized spacial score (nSPS) is 12.6. The van der Waals surface area contributed by atoms with Crippen molar-refractivity contribution in [3.05, 3.63) is 51.2 Å². The average molecular weight is 326 g/mol. The van der Waals surface area contributed by atoms with Gasteiger partial charge < -0.3 is 5.32 Å². The van der Waals surface area contributed by atoms with Gasteiger partial charge in [-0.05, 0) is 49.7 Å². The first-order valence-electron chi connectivity index (χ1n) is 6.89. The molecule has 1 aromatic carbocycles. The zero-order valence-electron chi connectivity index (χ0n) is 11.9. The molecule has 4 heteroatoms. The molecule has 0 fully saturated rings. The van der Waals surface area contributed by atoms with Crippen LogP contribution in [0.2, 0.25) is 4.34 Å². The number of thiophene rings is 1. The molecule has 0 aliphatic heterocycles. The third kappa shape index (κ3) is 4.81. The van der Waals surface area contributed by atoms with E-state index in [0.29, 0.717) is 6.04 Å². The Morgan fingerprint density at radius 1 is 1.20 bits per heavy atom. The molecule has 0 radical (unpaired) electrons. The van der Waals surface area contributed by atoms with E-state index in [1.165, 1.54) is 21.8 Å². The maximum absolute atomic E-state index is 5.94. The second-order valence-electron chi connectivity index (χ2n) is 4.74.